The molecule has 0 saturated carbocycles. The van der Waals surface area contributed by atoms with Gasteiger partial charge in [0.15, 0.2) is 0 Å². The van der Waals surface area contributed by atoms with E-state index in [0.29, 0.717) is 0 Å². The maximum absolute atomic E-state index is 4.12. The quantitative estimate of drug-likeness (QED) is 0.551. The molecule has 1 heterocycles. The Morgan fingerprint density at radius 1 is 1.33 bits per heavy atom. The second-order valence-electron chi connectivity index (χ2n) is 3.48. The Labute approximate surface area is 95.5 Å². The van der Waals surface area contributed by atoms with E-state index in [1.165, 1.54) is 10.9 Å². The van der Waals surface area contributed by atoms with Crippen LogP contribution in [0.1, 0.15) is 12.0 Å². The summed E-state index contributed by atoms with van der Waals surface area (Å²) in [5.74, 6) is 7.05. The minimum atomic E-state index is 0.820. The lowest BCUT2D eigenvalue weighted by Crippen LogP contribution is -1.83. The topological polar surface area (TPSA) is 4.93 Å². The number of hydrogen-bond acceptors (Lipinski definition) is 1. The third-order valence-electron chi connectivity index (χ3n) is 2.35. The van der Waals surface area contributed by atoms with E-state index in [1.807, 2.05) is 0 Å². The summed E-state index contributed by atoms with van der Waals surface area (Å²) in [5, 5.41) is 1.25. The van der Waals surface area contributed by atoms with Gasteiger partial charge < -0.3 is 4.57 Å². The van der Waals surface area contributed by atoms with Crippen LogP contribution < -0.4 is 0 Å². The van der Waals surface area contributed by atoms with Gasteiger partial charge in [-0.25, -0.2) is 0 Å². The third kappa shape index (κ3) is 2.19. The van der Waals surface area contributed by atoms with Crippen LogP contribution in [0.25, 0.3) is 10.9 Å². The molecule has 0 amide bonds. The van der Waals surface area contributed by atoms with Gasteiger partial charge in [0.05, 0.1) is 0 Å². The Hall–Kier alpha value is -1.33. The standard InChI is InChI=1S/C13H13NS/c1-14-8-7-12-10-11(4-2-3-9-15)5-6-13(12)14/h5-8,10,15H,3,9H2,1H3. The van der Waals surface area contributed by atoms with Gasteiger partial charge in [0.25, 0.3) is 0 Å². The smallest absolute Gasteiger partial charge is 0.0478 e. The van der Waals surface area contributed by atoms with E-state index in [2.05, 4.69) is 66.5 Å². The highest BCUT2D eigenvalue weighted by molar-refractivity contribution is 7.80. The molecule has 76 valence electrons. The lowest BCUT2D eigenvalue weighted by molar-refractivity contribution is 0.969. The van der Waals surface area contributed by atoms with Gasteiger partial charge in [-0.15, -0.1) is 0 Å². The molecule has 0 unspecified atom stereocenters. The average Bonchev–Trinajstić information content (AvgIpc) is 2.61. The van der Waals surface area contributed by atoms with Gasteiger partial charge in [-0.1, -0.05) is 11.8 Å². The summed E-state index contributed by atoms with van der Waals surface area (Å²) in [7, 11) is 2.05. The Bertz CT molecular complexity index is 528. The highest BCUT2D eigenvalue weighted by Gasteiger charge is 1.97. The van der Waals surface area contributed by atoms with E-state index in [1.54, 1.807) is 0 Å². The Morgan fingerprint density at radius 2 is 2.20 bits per heavy atom. The summed E-state index contributed by atoms with van der Waals surface area (Å²) < 4.78 is 2.11. The van der Waals surface area contributed by atoms with E-state index < -0.39 is 0 Å². The second kappa shape index (κ2) is 4.46. The first-order valence-electron chi connectivity index (χ1n) is 4.96. The number of thiol groups is 1. The van der Waals surface area contributed by atoms with Crippen LogP contribution in [-0.2, 0) is 7.05 Å². The molecular formula is C13H13NS. The molecule has 1 aromatic carbocycles. The fraction of sp³-hybridized carbons (Fsp3) is 0.231. The third-order valence-corrected chi connectivity index (χ3v) is 2.58. The van der Waals surface area contributed by atoms with Crippen LogP contribution in [0.3, 0.4) is 0 Å². The number of rotatable bonds is 1. The fourth-order valence-electron chi connectivity index (χ4n) is 1.58. The summed E-state index contributed by atoms with van der Waals surface area (Å²) in [6.07, 6.45) is 2.91. The molecule has 0 aliphatic carbocycles. The van der Waals surface area contributed by atoms with Crippen molar-refractivity contribution < 1.29 is 0 Å². The van der Waals surface area contributed by atoms with Crippen molar-refractivity contribution in [2.75, 3.05) is 5.75 Å². The van der Waals surface area contributed by atoms with Crippen molar-refractivity contribution in [3.63, 3.8) is 0 Å². The van der Waals surface area contributed by atoms with Crippen molar-refractivity contribution in [1.29, 1.82) is 0 Å². The average molecular weight is 215 g/mol. The van der Waals surface area contributed by atoms with Crippen molar-refractivity contribution in [1.82, 2.24) is 4.57 Å². The largest absolute Gasteiger partial charge is 0.351 e. The van der Waals surface area contributed by atoms with Crippen molar-refractivity contribution in [2.45, 2.75) is 6.42 Å². The second-order valence-corrected chi connectivity index (χ2v) is 3.92. The van der Waals surface area contributed by atoms with Crippen LogP contribution in [-0.4, -0.2) is 10.3 Å². The van der Waals surface area contributed by atoms with Crippen molar-refractivity contribution >= 4 is 23.5 Å². The number of benzene rings is 1. The fourth-order valence-corrected chi connectivity index (χ4v) is 1.69. The molecule has 0 bridgehead atoms. The number of aryl methyl sites for hydroxylation is 1. The van der Waals surface area contributed by atoms with E-state index in [4.69, 9.17) is 0 Å². The lowest BCUT2D eigenvalue weighted by Gasteiger charge is -1.96. The van der Waals surface area contributed by atoms with Gasteiger partial charge in [-0.05, 0) is 24.3 Å². The first kappa shape index (κ1) is 10.2. The number of hydrogen-bond donors (Lipinski definition) is 1. The molecule has 1 nitrogen and oxygen atoms in total. The number of aromatic nitrogens is 1. The number of fused-ring (bicyclic) bond motifs is 1. The normalized spacial score (nSPS) is 10.0. The molecule has 0 fully saturated rings. The molecule has 2 aromatic rings. The summed E-state index contributed by atoms with van der Waals surface area (Å²) in [4.78, 5) is 0. The predicted octanol–water partition coefficient (Wildman–Crippen LogP) is 2.85. The van der Waals surface area contributed by atoms with Crippen LogP contribution in [0.15, 0.2) is 30.5 Å². The predicted molar refractivity (Wildman–Crippen MR) is 68.3 cm³/mol. The maximum Gasteiger partial charge on any atom is 0.0478 e. The van der Waals surface area contributed by atoms with Gasteiger partial charge >= 0.3 is 0 Å². The maximum atomic E-state index is 4.12. The zero-order valence-corrected chi connectivity index (χ0v) is 9.59. The van der Waals surface area contributed by atoms with E-state index in [9.17, 15) is 0 Å². The van der Waals surface area contributed by atoms with Crippen molar-refractivity contribution in [2.24, 2.45) is 7.05 Å². The molecule has 15 heavy (non-hydrogen) atoms. The van der Waals surface area contributed by atoms with Crippen molar-refractivity contribution in [3.05, 3.63) is 36.0 Å². The van der Waals surface area contributed by atoms with E-state index in [-0.39, 0.29) is 0 Å². The molecule has 0 radical (unpaired) electrons. The molecule has 0 spiro atoms. The molecule has 0 atom stereocenters. The highest BCUT2D eigenvalue weighted by atomic mass is 32.1. The molecule has 0 saturated heterocycles. The molecular weight excluding hydrogens is 202 g/mol. The summed E-state index contributed by atoms with van der Waals surface area (Å²) in [6.45, 7) is 0. The Kier molecular flexibility index (Phi) is 3.03. The Balaban J connectivity index is 2.36. The highest BCUT2D eigenvalue weighted by Crippen LogP contribution is 2.15. The van der Waals surface area contributed by atoms with Crippen molar-refractivity contribution in [3.8, 4) is 11.8 Å². The monoisotopic (exact) mass is 215 g/mol. The summed E-state index contributed by atoms with van der Waals surface area (Å²) >= 11 is 4.12. The van der Waals surface area contributed by atoms with Crippen LogP contribution in [0.2, 0.25) is 0 Å². The molecule has 0 aliphatic rings. The Morgan fingerprint density at radius 3 is 3.00 bits per heavy atom. The SMILES string of the molecule is Cn1ccc2cc(C#CCCS)ccc21. The van der Waals surface area contributed by atoms with Crippen LogP contribution in [0.4, 0.5) is 0 Å². The van der Waals surface area contributed by atoms with Gasteiger partial charge in [-0.3, -0.25) is 0 Å². The van der Waals surface area contributed by atoms with Crippen LogP contribution >= 0.6 is 12.6 Å². The first-order chi connectivity index (χ1) is 7.31. The van der Waals surface area contributed by atoms with Crippen LogP contribution in [0, 0.1) is 11.8 Å². The van der Waals surface area contributed by atoms with Crippen LogP contribution in [0.5, 0.6) is 0 Å². The molecule has 2 rings (SSSR count). The molecule has 2 heteroatoms. The van der Waals surface area contributed by atoms with E-state index in [0.717, 1.165) is 17.7 Å². The minimum Gasteiger partial charge on any atom is -0.351 e. The zero-order valence-electron chi connectivity index (χ0n) is 8.70. The minimum absolute atomic E-state index is 0.820. The van der Waals surface area contributed by atoms with Gasteiger partial charge in [-0.2, -0.15) is 12.6 Å². The first-order valence-corrected chi connectivity index (χ1v) is 5.59. The summed E-state index contributed by atoms with van der Waals surface area (Å²) in [5.41, 5.74) is 2.32. The van der Waals surface area contributed by atoms with E-state index >= 15 is 0 Å². The molecule has 0 N–H and O–H groups in total. The lowest BCUT2D eigenvalue weighted by atomic mass is 10.1. The van der Waals surface area contributed by atoms with Gasteiger partial charge in [0.1, 0.15) is 0 Å². The zero-order chi connectivity index (χ0) is 10.7. The van der Waals surface area contributed by atoms with Gasteiger partial charge in [0.2, 0.25) is 0 Å². The summed E-state index contributed by atoms with van der Waals surface area (Å²) in [6, 6.07) is 8.41. The molecule has 1 aromatic heterocycles. The number of nitrogens with zero attached hydrogens (tertiary/aromatic N) is 1. The molecule has 0 aliphatic heterocycles. The van der Waals surface area contributed by atoms with Gasteiger partial charge in [0, 0.05) is 41.9 Å².